The molecule has 0 saturated heterocycles. The highest BCUT2D eigenvalue weighted by Gasteiger charge is 2.16. The van der Waals surface area contributed by atoms with Gasteiger partial charge in [0.25, 0.3) is 0 Å². The van der Waals surface area contributed by atoms with E-state index < -0.39 is 11.9 Å². The SMILES string of the molecule is COc1ccc(C(O)c2ccncc2F)cc1OC. The molecule has 0 aliphatic heterocycles. The van der Waals surface area contributed by atoms with Gasteiger partial charge in [0.05, 0.1) is 20.4 Å². The Morgan fingerprint density at radius 2 is 1.89 bits per heavy atom. The van der Waals surface area contributed by atoms with Crippen molar-refractivity contribution in [1.82, 2.24) is 4.98 Å². The standard InChI is InChI=1S/C14H14FNO3/c1-18-12-4-3-9(7-13(12)19-2)14(17)10-5-6-16-8-11(10)15/h3-8,14,17H,1-2H3. The van der Waals surface area contributed by atoms with E-state index in [0.29, 0.717) is 17.1 Å². The molecule has 0 saturated carbocycles. The van der Waals surface area contributed by atoms with Crippen molar-refractivity contribution in [3.8, 4) is 11.5 Å². The zero-order chi connectivity index (χ0) is 13.8. The molecule has 0 bridgehead atoms. The number of hydrogen-bond acceptors (Lipinski definition) is 4. The van der Waals surface area contributed by atoms with Gasteiger partial charge in [-0.2, -0.15) is 0 Å². The lowest BCUT2D eigenvalue weighted by atomic mass is 10.0. The first-order valence-electron chi connectivity index (χ1n) is 5.66. The minimum absolute atomic E-state index is 0.169. The number of aromatic nitrogens is 1. The van der Waals surface area contributed by atoms with Crippen LogP contribution >= 0.6 is 0 Å². The summed E-state index contributed by atoms with van der Waals surface area (Å²) in [5, 5.41) is 10.2. The van der Waals surface area contributed by atoms with Crippen LogP contribution in [0.5, 0.6) is 11.5 Å². The van der Waals surface area contributed by atoms with Gasteiger partial charge >= 0.3 is 0 Å². The first kappa shape index (κ1) is 13.3. The Morgan fingerprint density at radius 3 is 2.53 bits per heavy atom. The van der Waals surface area contributed by atoms with Crippen LogP contribution in [-0.4, -0.2) is 24.3 Å². The minimum Gasteiger partial charge on any atom is -0.493 e. The fourth-order valence-corrected chi connectivity index (χ4v) is 1.81. The van der Waals surface area contributed by atoms with Gasteiger partial charge in [0.15, 0.2) is 11.5 Å². The average Bonchev–Trinajstić information content (AvgIpc) is 2.46. The van der Waals surface area contributed by atoms with Crippen molar-refractivity contribution in [3.63, 3.8) is 0 Å². The Kier molecular flexibility index (Phi) is 3.97. The van der Waals surface area contributed by atoms with Gasteiger partial charge in [0.1, 0.15) is 11.9 Å². The molecule has 1 aromatic heterocycles. The quantitative estimate of drug-likeness (QED) is 0.919. The maximum atomic E-state index is 13.6. The first-order valence-corrected chi connectivity index (χ1v) is 5.66. The van der Waals surface area contributed by atoms with Crippen molar-refractivity contribution >= 4 is 0 Å². The molecule has 5 heteroatoms. The molecule has 100 valence electrons. The number of ether oxygens (including phenoxy) is 2. The Morgan fingerprint density at radius 1 is 1.16 bits per heavy atom. The third-order valence-electron chi connectivity index (χ3n) is 2.82. The van der Waals surface area contributed by atoms with E-state index in [1.807, 2.05) is 0 Å². The highest BCUT2D eigenvalue weighted by atomic mass is 19.1. The number of hydrogen-bond donors (Lipinski definition) is 1. The molecule has 0 fully saturated rings. The number of aliphatic hydroxyl groups excluding tert-OH is 1. The smallest absolute Gasteiger partial charge is 0.161 e. The lowest BCUT2D eigenvalue weighted by molar-refractivity contribution is 0.214. The maximum absolute atomic E-state index is 13.6. The second kappa shape index (κ2) is 5.67. The zero-order valence-corrected chi connectivity index (χ0v) is 10.6. The van der Waals surface area contributed by atoms with E-state index in [1.165, 1.54) is 26.5 Å². The van der Waals surface area contributed by atoms with Gasteiger partial charge in [-0.3, -0.25) is 4.98 Å². The van der Waals surface area contributed by atoms with Gasteiger partial charge in [-0.25, -0.2) is 4.39 Å². The Bertz CT molecular complexity index is 574. The average molecular weight is 263 g/mol. The topological polar surface area (TPSA) is 51.6 Å². The first-order chi connectivity index (χ1) is 9.17. The molecule has 0 amide bonds. The van der Waals surface area contributed by atoms with Crippen molar-refractivity contribution in [2.24, 2.45) is 0 Å². The van der Waals surface area contributed by atoms with Crippen LogP contribution in [0.1, 0.15) is 17.2 Å². The molecule has 1 aromatic carbocycles. The second-order valence-corrected chi connectivity index (χ2v) is 3.91. The summed E-state index contributed by atoms with van der Waals surface area (Å²) < 4.78 is 23.8. The van der Waals surface area contributed by atoms with Gasteiger partial charge < -0.3 is 14.6 Å². The van der Waals surface area contributed by atoms with E-state index in [1.54, 1.807) is 18.2 Å². The van der Waals surface area contributed by atoms with Crippen molar-refractivity contribution < 1.29 is 19.0 Å². The maximum Gasteiger partial charge on any atom is 0.161 e. The van der Waals surface area contributed by atoms with Crippen molar-refractivity contribution in [2.75, 3.05) is 14.2 Å². The Balaban J connectivity index is 2.39. The predicted molar refractivity (Wildman–Crippen MR) is 67.8 cm³/mol. The normalized spacial score (nSPS) is 12.0. The fraction of sp³-hybridized carbons (Fsp3) is 0.214. The largest absolute Gasteiger partial charge is 0.493 e. The van der Waals surface area contributed by atoms with Gasteiger partial charge in [-0.15, -0.1) is 0 Å². The van der Waals surface area contributed by atoms with Crippen LogP contribution in [0.25, 0.3) is 0 Å². The second-order valence-electron chi connectivity index (χ2n) is 3.91. The molecule has 0 radical (unpaired) electrons. The van der Waals surface area contributed by atoms with Crippen molar-refractivity contribution in [2.45, 2.75) is 6.10 Å². The van der Waals surface area contributed by atoms with Gasteiger partial charge in [-0.1, -0.05) is 6.07 Å². The van der Waals surface area contributed by atoms with Crippen LogP contribution in [0.4, 0.5) is 4.39 Å². The minimum atomic E-state index is -1.08. The van der Waals surface area contributed by atoms with Crippen molar-refractivity contribution in [3.05, 3.63) is 53.6 Å². The number of benzene rings is 1. The summed E-state index contributed by atoms with van der Waals surface area (Å²) in [7, 11) is 3.03. The molecule has 4 nitrogen and oxygen atoms in total. The fourth-order valence-electron chi connectivity index (χ4n) is 1.81. The van der Waals surface area contributed by atoms with Crippen LogP contribution in [0, 0.1) is 5.82 Å². The van der Waals surface area contributed by atoms with Gasteiger partial charge in [-0.05, 0) is 23.8 Å². The highest BCUT2D eigenvalue weighted by molar-refractivity contribution is 5.45. The Hall–Kier alpha value is -2.14. The summed E-state index contributed by atoms with van der Waals surface area (Å²) in [4.78, 5) is 3.65. The molecule has 0 aliphatic rings. The van der Waals surface area contributed by atoms with E-state index >= 15 is 0 Å². The zero-order valence-electron chi connectivity index (χ0n) is 10.6. The van der Waals surface area contributed by atoms with Crippen LogP contribution < -0.4 is 9.47 Å². The van der Waals surface area contributed by atoms with E-state index in [4.69, 9.17) is 9.47 Å². The molecule has 0 aliphatic carbocycles. The molecule has 1 unspecified atom stereocenters. The van der Waals surface area contributed by atoms with Crippen LogP contribution in [0.2, 0.25) is 0 Å². The lowest BCUT2D eigenvalue weighted by Crippen LogP contribution is -2.03. The molecule has 1 heterocycles. The number of nitrogens with zero attached hydrogens (tertiary/aromatic N) is 1. The summed E-state index contributed by atoms with van der Waals surface area (Å²) in [6.07, 6.45) is 1.42. The molecule has 0 spiro atoms. The molecule has 1 N–H and O–H groups in total. The molecule has 1 atom stereocenters. The number of pyridine rings is 1. The monoisotopic (exact) mass is 263 g/mol. The summed E-state index contributed by atoms with van der Waals surface area (Å²) in [5.41, 5.74) is 0.685. The summed E-state index contributed by atoms with van der Waals surface area (Å²) in [5.74, 6) is 0.479. The van der Waals surface area contributed by atoms with Crippen molar-refractivity contribution in [1.29, 1.82) is 0 Å². The van der Waals surface area contributed by atoms with E-state index in [9.17, 15) is 9.50 Å². The molecule has 2 rings (SSSR count). The third kappa shape index (κ3) is 2.66. The molecule has 19 heavy (non-hydrogen) atoms. The third-order valence-corrected chi connectivity index (χ3v) is 2.82. The molecular formula is C14H14FNO3. The predicted octanol–water partition coefficient (Wildman–Crippen LogP) is 2.32. The van der Waals surface area contributed by atoms with E-state index in [0.717, 1.165) is 6.20 Å². The summed E-state index contributed by atoms with van der Waals surface area (Å²) in [6.45, 7) is 0. The van der Waals surface area contributed by atoms with Crippen LogP contribution in [-0.2, 0) is 0 Å². The number of methoxy groups -OCH3 is 2. The van der Waals surface area contributed by atoms with Gasteiger partial charge in [0.2, 0.25) is 0 Å². The number of rotatable bonds is 4. The Labute approximate surface area is 110 Å². The number of halogens is 1. The number of aliphatic hydroxyl groups is 1. The summed E-state index contributed by atoms with van der Waals surface area (Å²) >= 11 is 0. The van der Waals surface area contributed by atoms with Crippen LogP contribution in [0.15, 0.2) is 36.7 Å². The van der Waals surface area contributed by atoms with E-state index in [-0.39, 0.29) is 5.56 Å². The van der Waals surface area contributed by atoms with E-state index in [2.05, 4.69) is 4.98 Å². The molecular weight excluding hydrogens is 249 g/mol. The van der Waals surface area contributed by atoms with Crippen LogP contribution in [0.3, 0.4) is 0 Å². The lowest BCUT2D eigenvalue weighted by Gasteiger charge is -2.14. The summed E-state index contributed by atoms with van der Waals surface area (Å²) in [6, 6.07) is 6.38. The highest BCUT2D eigenvalue weighted by Crippen LogP contribution is 2.32. The molecule has 2 aromatic rings. The van der Waals surface area contributed by atoms with Gasteiger partial charge in [0, 0.05) is 11.8 Å².